The van der Waals surface area contributed by atoms with Crippen molar-refractivity contribution >= 4 is 6.09 Å². The second-order valence-electron chi connectivity index (χ2n) is 3.82. The minimum Gasteiger partial charge on any atom is -0.496 e. The number of nitrogens with zero attached hydrogens (tertiary/aromatic N) is 1. The molecule has 1 aliphatic heterocycles. The number of carbonyl (C=O) groups excluding carboxylic acids is 1. The molecule has 4 heteroatoms. The first kappa shape index (κ1) is 10.8. The number of hydrogen-bond acceptors (Lipinski definition) is 3. The van der Waals surface area contributed by atoms with E-state index in [1.54, 1.807) is 19.1 Å². The van der Waals surface area contributed by atoms with Crippen LogP contribution in [0.25, 0.3) is 0 Å². The Kier molecular flexibility index (Phi) is 2.99. The van der Waals surface area contributed by atoms with Crippen molar-refractivity contribution in [1.82, 2.24) is 4.90 Å². The van der Waals surface area contributed by atoms with Gasteiger partial charge in [-0.1, -0.05) is 18.2 Å². The van der Waals surface area contributed by atoms with Gasteiger partial charge in [0.15, 0.2) is 0 Å². The predicted molar refractivity (Wildman–Crippen MR) is 59.5 cm³/mol. The Morgan fingerprint density at radius 3 is 2.88 bits per heavy atom. The summed E-state index contributed by atoms with van der Waals surface area (Å²) in [4.78, 5) is 13.0. The number of para-hydroxylation sites is 1. The molecule has 0 N–H and O–H groups in total. The third kappa shape index (κ3) is 1.96. The number of hydrogen-bond donors (Lipinski definition) is 0. The van der Waals surface area contributed by atoms with E-state index in [9.17, 15) is 4.79 Å². The first-order valence-electron chi connectivity index (χ1n) is 5.27. The van der Waals surface area contributed by atoms with Crippen molar-refractivity contribution in [2.24, 2.45) is 0 Å². The van der Waals surface area contributed by atoms with E-state index in [1.807, 2.05) is 24.3 Å². The number of methoxy groups -OCH3 is 1. The van der Waals surface area contributed by atoms with Gasteiger partial charge in [-0.15, -0.1) is 0 Å². The Morgan fingerprint density at radius 1 is 1.44 bits per heavy atom. The summed E-state index contributed by atoms with van der Waals surface area (Å²) in [6.45, 7) is 0.710. The van der Waals surface area contributed by atoms with Gasteiger partial charge < -0.3 is 14.4 Å². The van der Waals surface area contributed by atoms with E-state index in [-0.39, 0.29) is 12.2 Å². The van der Waals surface area contributed by atoms with Gasteiger partial charge in [0.2, 0.25) is 0 Å². The number of amides is 1. The molecule has 16 heavy (non-hydrogen) atoms. The molecular weight excluding hydrogens is 206 g/mol. The van der Waals surface area contributed by atoms with Crippen molar-refractivity contribution in [1.29, 1.82) is 0 Å². The predicted octanol–water partition coefficient (Wildman–Crippen LogP) is 2.21. The molecule has 4 nitrogen and oxygen atoms in total. The number of carbonyl (C=O) groups is 1. The first-order valence-corrected chi connectivity index (χ1v) is 5.27. The zero-order valence-corrected chi connectivity index (χ0v) is 9.47. The summed E-state index contributed by atoms with van der Waals surface area (Å²) in [5.74, 6) is 0.768. The number of benzene rings is 1. The molecule has 0 saturated carbocycles. The summed E-state index contributed by atoms with van der Waals surface area (Å²) in [7, 11) is 3.36. The largest absolute Gasteiger partial charge is 0.496 e. The van der Waals surface area contributed by atoms with Crippen LogP contribution in [0.15, 0.2) is 24.3 Å². The molecule has 1 saturated heterocycles. The fraction of sp³-hybridized carbons (Fsp3) is 0.417. The average molecular weight is 221 g/mol. The van der Waals surface area contributed by atoms with Gasteiger partial charge in [0.1, 0.15) is 11.9 Å². The van der Waals surface area contributed by atoms with E-state index < -0.39 is 0 Å². The molecule has 1 aromatic rings. The Morgan fingerprint density at radius 2 is 2.19 bits per heavy atom. The third-order valence-corrected chi connectivity index (χ3v) is 2.77. The lowest BCUT2D eigenvalue weighted by Crippen LogP contribution is -2.35. The SMILES string of the molecule is COc1ccccc1C1CCN(C)C(=O)O1. The third-order valence-electron chi connectivity index (χ3n) is 2.77. The van der Waals surface area contributed by atoms with Gasteiger partial charge in [0, 0.05) is 25.6 Å². The highest BCUT2D eigenvalue weighted by atomic mass is 16.6. The van der Waals surface area contributed by atoms with Crippen LogP contribution in [-0.2, 0) is 4.74 Å². The van der Waals surface area contributed by atoms with Crippen LogP contribution >= 0.6 is 0 Å². The van der Waals surface area contributed by atoms with E-state index >= 15 is 0 Å². The molecule has 1 heterocycles. The lowest BCUT2D eigenvalue weighted by Gasteiger charge is -2.29. The molecule has 1 aromatic carbocycles. The smallest absolute Gasteiger partial charge is 0.410 e. The van der Waals surface area contributed by atoms with Gasteiger partial charge in [0.25, 0.3) is 0 Å². The monoisotopic (exact) mass is 221 g/mol. The van der Waals surface area contributed by atoms with Crippen molar-refractivity contribution in [2.75, 3.05) is 20.7 Å². The van der Waals surface area contributed by atoms with E-state index in [0.717, 1.165) is 17.7 Å². The standard InChI is InChI=1S/C12H15NO3/c1-13-8-7-11(16-12(13)14)9-5-3-4-6-10(9)15-2/h3-6,11H,7-8H2,1-2H3. The van der Waals surface area contributed by atoms with Gasteiger partial charge in [-0.2, -0.15) is 0 Å². The summed E-state index contributed by atoms with van der Waals surface area (Å²) in [5, 5.41) is 0. The molecule has 0 aromatic heterocycles. The summed E-state index contributed by atoms with van der Waals surface area (Å²) in [6.07, 6.45) is 0.324. The fourth-order valence-corrected chi connectivity index (χ4v) is 1.82. The first-order chi connectivity index (χ1) is 7.72. The van der Waals surface area contributed by atoms with Crippen molar-refractivity contribution in [3.63, 3.8) is 0 Å². The van der Waals surface area contributed by atoms with Crippen LogP contribution in [0.3, 0.4) is 0 Å². The molecule has 0 spiro atoms. The minimum atomic E-state index is -0.276. The zero-order valence-electron chi connectivity index (χ0n) is 9.47. The lowest BCUT2D eigenvalue weighted by molar-refractivity contribution is 0.0314. The van der Waals surface area contributed by atoms with Crippen LogP contribution in [0.2, 0.25) is 0 Å². The summed E-state index contributed by atoms with van der Waals surface area (Å²) in [5.41, 5.74) is 0.937. The molecule has 2 rings (SSSR count). The maximum Gasteiger partial charge on any atom is 0.410 e. The molecule has 1 aliphatic rings. The van der Waals surface area contributed by atoms with Gasteiger partial charge in [-0.05, 0) is 6.07 Å². The highest BCUT2D eigenvalue weighted by molar-refractivity contribution is 5.68. The maximum atomic E-state index is 11.4. The van der Waals surface area contributed by atoms with Gasteiger partial charge >= 0.3 is 6.09 Å². The molecule has 1 unspecified atom stereocenters. The van der Waals surface area contributed by atoms with Crippen LogP contribution in [-0.4, -0.2) is 31.7 Å². The van der Waals surface area contributed by atoms with Crippen molar-refractivity contribution in [3.8, 4) is 5.75 Å². The van der Waals surface area contributed by atoms with E-state index in [0.29, 0.717) is 6.54 Å². The Bertz CT molecular complexity index is 392. The van der Waals surface area contributed by atoms with Crippen LogP contribution in [0.5, 0.6) is 5.75 Å². The van der Waals surface area contributed by atoms with E-state index in [2.05, 4.69) is 0 Å². The highest BCUT2D eigenvalue weighted by Gasteiger charge is 2.27. The van der Waals surface area contributed by atoms with Crippen molar-refractivity contribution in [3.05, 3.63) is 29.8 Å². The minimum absolute atomic E-state index is 0.195. The molecule has 1 fully saturated rings. The van der Waals surface area contributed by atoms with E-state index in [4.69, 9.17) is 9.47 Å². The highest BCUT2D eigenvalue weighted by Crippen LogP contribution is 2.32. The Balaban J connectivity index is 2.21. The normalized spacial score (nSPS) is 20.5. The van der Waals surface area contributed by atoms with Gasteiger partial charge in [-0.3, -0.25) is 0 Å². The molecule has 1 amide bonds. The quantitative estimate of drug-likeness (QED) is 0.768. The van der Waals surface area contributed by atoms with Crippen LogP contribution in [0.4, 0.5) is 4.79 Å². The van der Waals surface area contributed by atoms with Crippen LogP contribution in [0, 0.1) is 0 Å². The summed E-state index contributed by atoms with van der Waals surface area (Å²) >= 11 is 0. The average Bonchev–Trinajstić information content (AvgIpc) is 2.32. The van der Waals surface area contributed by atoms with E-state index in [1.165, 1.54) is 0 Å². The topological polar surface area (TPSA) is 38.8 Å². The Labute approximate surface area is 94.8 Å². The lowest BCUT2D eigenvalue weighted by atomic mass is 10.0. The van der Waals surface area contributed by atoms with Gasteiger partial charge in [0.05, 0.1) is 7.11 Å². The van der Waals surface area contributed by atoms with Crippen LogP contribution in [0.1, 0.15) is 18.1 Å². The molecule has 1 atom stereocenters. The number of ether oxygens (including phenoxy) is 2. The van der Waals surface area contributed by atoms with Crippen molar-refractivity contribution < 1.29 is 14.3 Å². The molecule has 0 aliphatic carbocycles. The zero-order chi connectivity index (χ0) is 11.5. The molecule has 86 valence electrons. The number of rotatable bonds is 2. The molecular formula is C12H15NO3. The van der Waals surface area contributed by atoms with Gasteiger partial charge in [-0.25, -0.2) is 4.79 Å². The molecule has 0 bridgehead atoms. The fourth-order valence-electron chi connectivity index (χ4n) is 1.82. The van der Waals surface area contributed by atoms with Crippen molar-refractivity contribution in [2.45, 2.75) is 12.5 Å². The Hall–Kier alpha value is -1.71. The van der Waals surface area contributed by atoms with Crippen LogP contribution < -0.4 is 4.74 Å². The second-order valence-corrected chi connectivity index (χ2v) is 3.82. The number of cyclic esters (lactones) is 1. The summed E-state index contributed by atoms with van der Waals surface area (Å²) < 4.78 is 10.6. The summed E-state index contributed by atoms with van der Waals surface area (Å²) in [6, 6.07) is 7.63. The maximum absolute atomic E-state index is 11.4. The second kappa shape index (κ2) is 4.43. The molecule has 0 radical (unpaired) electrons.